The lowest BCUT2D eigenvalue weighted by Gasteiger charge is -2.32. The molecule has 0 bridgehead atoms. The number of carbonyl (C=O) groups excluding carboxylic acids is 2. The number of methoxy groups -OCH3 is 1. The van der Waals surface area contributed by atoms with Crippen LogP contribution in [0.25, 0.3) is 0 Å². The van der Waals surface area contributed by atoms with Gasteiger partial charge in [-0.05, 0) is 59.3 Å². The Kier molecular flexibility index (Phi) is 7.95. The van der Waals surface area contributed by atoms with Gasteiger partial charge in [0, 0.05) is 17.1 Å². The highest BCUT2D eigenvalue weighted by Gasteiger charge is 2.33. The molecule has 0 aliphatic heterocycles. The summed E-state index contributed by atoms with van der Waals surface area (Å²) < 4.78 is 5.31. The van der Waals surface area contributed by atoms with E-state index >= 15 is 0 Å². The van der Waals surface area contributed by atoms with Gasteiger partial charge < -0.3 is 10.1 Å². The molecular formula is C29H28N2O3S. The van der Waals surface area contributed by atoms with Crippen molar-refractivity contribution in [2.45, 2.75) is 25.9 Å². The fourth-order valence-electron chi connectivity index (χ4n) is 3.95. The lowest BCUT2D eigenvalue weighted by Crippen LogP contribution is -2.44. The number of rotatable bonds is 9. The summed E-state index contributed by atoms with van der Waals surface area (Å²) in [7, 11) is 1.60. The van der Waals surface area contributed by atoms with Crippen molar-refractivity contribution in [2.75, 3.05) is 12.0 Å². The summed E-state index contributed by atoms with van der Waals surface area (Å²) in [4.78, 5) is 30.1. The molecule has 0 unspecified atom stereocenters. The Bertz CT molecular complexity index is 1250. The van der Waals surface area contributed by atoms with Crippen LogP contribution in [-0.2, 0) is 22.6 Å². The second-order valence-electron chi connectivity index (χ2n) is 8.24. The van der Waals surface area contributed by atoms with Crippen LogP contribution < -0.4 is 15.0 Å². The van der Waals surface area contributed by atoms with E-state index in [2.05, 4.69) is 5.32 Å². The molecule has 0 fully saturated rings. The molecule has 4 aromatic rings. The number of carbonyl (C=O) groups is 2. The van der Waals surface area contributed by atoms with Gasteiger partial charge in [-0.25, -0.2) is 0 Å². The summed E-state index contributed by atoms with van der Waals surface area (Å²) in [5.41, 5.74) is 3.38. The molecule has 1 atom stereocenters. The van der Waals surface area contributed by atoms with Crippen LogP contribution >= 0.6 is 11.3 Å². The average Bonchev–Trinajstić information content (AvgIpc) is 3.39. The number of nitrogens with zero attached hydrogens (tertiary/aromatic N) is 1. The zero-order chi connectivity index (χ0) is 24.6. The van der Waals surface area contributed by atoms with Crippen LogP contribution in [0.2, 0.25) is 0 Å². The molecule has 4 rings (SSSR count). The Hall–Kier alpha value is -3.90. The first-order valence-corrected chi connectivity index (χ1v) is 12.3. The molecule has 178 valence electrons. The van der Waals surface area contributed by atoms with Crippen molar-refractivity contribution in [3.05, 3.63) is 118 Å². The van der Waals surface area contributed by atoms with Crippen molar-refractivity contribution >= 4 is 28.8 Å². The van der Waals surface area contributed by atoms with Gasteiger partial charge in [0.1, 0.15) is 11.8 Å². The first-order chi connectivity index (χ1) is 17.0. The minimum Gasteiger partial charge on any atom is -0.497 e. The van der Waals surface area contributed by atoms with Crippen molar-refractivity contribution in [3.63, 3.8) is 0 Å². The third-order valence-electron chi connectivity index (χ3n) is 5.70. The first kappa shape index (κ1) is 24.2. The van der Waals surface area contributed by atoms with Crippen molar-refractivity contribution < 1.29 is 14.3 Å². The topological polar surface area (TPSA) is 58.6 Å². The van der Waals surface area contributed by atoms with Crippen LogP contribution in [0.1, 0.15) is 27.6 Å². The monoisotopic (exact) mass is 484 g/mol. The van der Waals surface area contributed by atoms with Gasteiger partial charge in [0.2, 0.25) is 11.8 Å². The van der Waals surface area contributed by atoms with E-state index in [1.165, 1.54) is 11.3 Å². The van der Waals surface area contributed by atoms with Crippen LogP contribution in [0.3, 0.4) is 0 Å². The predicted molar refractivity (Wildman–Crippen MR) is 141 cm³/mol. The Morgan fingerprint density at radius 3 is 2.37 bits per heavy atom. The van der Waals surface area contributed by atoms with Crippen LogP contribution in [0.4, 0.5) is 5.69 Å². The molecule has 1 N–H and O–H groups in total. The molecule has 0 saturated heterocycles. The van der Waals surface area contributed by atoms with Gasteiger partial charge in [-0.2, -0.15) is 0 Å². The van der Waals surface area contributed by atoms with Gasteiger partial charge in [-0.15, -0.1) is 11.3 Å². The van der Waals surface area contributed by atoms with Gasteiger partial charge >= 0.3 is 0 Å². The molecule has 0 aliphatic rings. The maximum atomic E-state index is 13.8. The molecular weight excluding hydrogens is 456 g/mol. The van der Waals surface area contributed by atoms with E-state index in [9.17, 15) is 9.59 Å². The molecule has 3 aromatic carbocycles. The second kappa shape index (κ2) is 11.5. The molecule has 35 heavy (non-hydrogen) atoms. The smallest absolute Gasteiger partial charge is 0.248 e. The largest absolute Gasteiger partial charge is 0.497 e. The highest BCUT2D eigenvalue weighted by Crippen LogP contribution is 2.31. The van der Waals surface area contributed by atoms with Gasteiger partial charge in [-0.3, -0.25) is 14.5 Å². The lowest BCUT2D eigenvalue weighted by molar-refractivity contribution is -0.126. The lowest BCUT2D eigenvalue weighted by atomic mass is 10.0. The van der Waals surface area contributed by atoms with E-state index in [-0.39, 0.29) is 18.2 Å². The molecule has 2 amide bonds. The third-order valence-corrected chi connectivity index (χ3v) is 6.58. The number of hydrogen-bond donors (Lipinski definition) is 1. The van der Waals surface area contributed by atoms with Crippen molar-refractivity contribution in [1.82, 2.24) is 5.32 Å². The minimum atomic E-state index is -0.848. The average molecular weight is 485 g/mol. The highest BCUT2D eigenvalue weighted by atomic mass is 32.1. The number of amides is 2. The fourth-order valence-corrected chi connectivity index (χ4v) is 4.64. The molecule has 0 radical (unpaired) electrons. The summed E-state index contributed by atoms with van der Waals surface area (Å²) in [6.07, 6.45) is 0.213. The number of aryl methyl sites for hydroxylation is 1. The van der Waals surface area contributed by atoms with E-state index in [4.69, 9.17) is 4.74 Å². The van der Waals surface area contributed by atoms with Gasteiger partial charge in [0.15, 0.2) is 0 Å². The molecule has 6 heteroatoms. The fraction of sp³-hybridized carbons (Fsp3) is 0.172. The summed E-state index contributed by atoms with van der Waals surface area (Å²) in [6, 6.07) is 27.7. The zero-order valence-corrected chi connectivity index (χ0v) is 20.6. The van der Waals surface area contributed by atoms with E-state index in [0.29, 0.717) is 23.5 Å². The molecule has 0 aliphatic carbocycles. The Morgan fingerprint density at radius 2 is 1.71 bits per heavy atom. The number of hydrogen-bond acceptors (Lipinski definition) is 4. The minimum absolute atomic E-state index is 0.145. The first-order valence-electron chi connectivity index (χ1n) is 11.4. The molecule has 1 aromatic heterocycles. The quantitative estimate of drug-likeness (QED) is 0.332. The Labute approximate surface area is 210 Å². The number of ether oxygens (including phenoxy) is 1. The third kappa shape index (κ3) is 6.16. The number of nitrogens with one attached hydrogen (secondary N) is 1. The van der Waals surface area contributed by atoms with Crippen LogP contribution in [-0.4, -0.2) is 18.9 Å². The number of benzene rings is 3. The highest BCUT2D eigenvalue weighted by molar-refractivity contribution is 7.10. The molecule has 5 nitrogen and oxygen atoms in total. The van der Waals surface area contributed by atoms with E-state index in [1.54, 1.807) is 12.0 Å². The van der Waals surface area contributed by atoms with Gasteiger partial charge in [-0.1, -0.05) is 60.7 Å². The van der Waals surface area contributed by atoms with Gasteiger partial charge in [0.25, 0.3) is 0 Å². The summed E-state index contributed by atoms with van der Waals surface area (Å²) >= 11 is 1.53. The summed E-state index contributed by atoms with van der Waals surface area (Å²) in [5, 5.41) is 4.99. The molecule has 0 spiro atoms. The number of anilines is 1. The van der Waals surface area contributed by atoms with Crippen molar-refractivity contribution in [2.24, 2.45) is 0 Å². The second-order valence-corrected chi connectivity index (χ2v) is 9.27. The van der Waals surface area contributed by atoms with Crippen LogP contribution in [0, 0.1) is 6.92 Å². The maximum absolute atomic E-state index is 13.8. The SMILES string of the molecule is COc1ccc([C@H](C(=O)NCc2ccccc2)N(C(=O)Cc2cccs2)c2cccc(C)c2)cc1. The van der Waals surface area contributed by atoms with E-state index < -0.39 is 6.04 Å². The summed E-state index contributed by atoms with van der Waals surface area (Å²) in [5.74, 6) is 0.290. The standard InChI is InChI=1S/C29H28N2O3S/c1-21-8-6-11-24(18-21)31(27(32)19-26-12-7-17-35-26)28(23-13-15-25(34-2)16-14-23)29(33)30-20-22-9-4-3-5-10-22/h3-18,28H,19-20H2,1-2H3,(H,30,33)/t28-/m1/s1. The van der Waals surface area contributed by atoms with Crippen molar-refractivity contribution in [3.8, 4) is 5.75 Å². The van der Waals surface area contributed by atoms with Crippen LogP contribution in [0.15, 0.2) is 96.4 Å². The van der Waals surface area contributed by atoms with E-state index in [1.807, 2.05) is 103 Å². The zero-order valence-electron chi connectivity index (χ0n) is 19.8. The van der Waals surface area contributed by atoms with Crippen LogP contribution in [0.5, 0.6) is 5.75 Å². The van der Waals surface area contributed by atoms with Crippen molar-refractivity contribution in [1.29, 1.82) is 0 Å². The Morgan fingerprint density at radius 1 is 0.943 bits per heavy atom. The van der Waals surface area contributed by atoms with Gasteiger partial charge in [0.05, 0.1) is 13.5 Å². The molecule has 1 heterocycles. The number of thiophene rings is 1. The maximum Gasteiger partial charge on any atom is 0.248 e. The molecule has 0 saturated carbocycles. The van der Waals surface area contributed by atoms with E-state index in [0.717, 1.165) is 16.0 Å². The Balaban J connectivity index is 1.74. The predicted octanol–water partition coefficient (Wildman–Crippen LogP) is 5.70. The summed E-state index contributed by atoms with van der Waals surface area (Å²) in [6.45, 7) is 2.34. The normalized spacial score (nSPS) is 11.5.